The molecule has 1 N–H and O–H groups in total. The van der Waals surface area contributed by atoms with E-state index < -0.39 is 0 Å². The van der Waals surface area contributed by atoms with Gasteiger partial charge in [-0.15, -0.1) is 0 Å². The molecule has 0 aromatic rings. The lowest BCUT2D eigenvalue weighted by Gasteiger charge is -2.31. The van der Waals surface area contributed by atoms with Crippen LogP contribution in [-0.2, 0) is 4.79 Å². The molecule has 0 spiro atoms. The normalized spacial score (nSPS) is 11.2. The summed E-state index contributed by atoms with van der Waals surface area (Å²) in [6.07, 6.45) is 21.6. The molecule has 180 valence electrons. The van der Waals surface area contributed by atoms with Gasteiger partial charge in [-0.25, -0.2) is 0 Å². The predicted octanol–water partition coefficient (Wildman–Crippen LogP) is 4.37. The fourth-order valence-electron chi connectivity index (χ4n) is 3.75. The second-order valence-corrected chi connectivity index (χ2v) is 9.45. The molecule has 0 heterocycles. The lowest BCUT2D eigenvalue weighted by atomic mass is 10.1. The molecule has 0 rings (SSSR count). The quantitative estimate of drug-likeness (QED) is 0.207. The Morgan fingerprint density at radius 1 is 0.700 bits per heavy atom. The Hall–Kier alpha value is -0.540. The van der Waals surface area contributed by atoms with E-state index in [1.165, 1.54) is 96.3 Å². The van der Waals surface area contributed by atoms with E-state index in [9.17, 15) is 4.79 Å². The fourth-order valence-corrected chi connectivity index (χ4v) is 3.75. The van der Waals surface area contributed by atoms with E-state index in [4.69, 9.17) is 0 Å². The van der Waals surface area contributed by atoms with E-state index in [2.05, 4.69) is 39.8 Å². The second-order valence-electron chi connectivity index (χ2n) is 9.45. The molecule has 0 bridgehead atoms. The number of nitrogens with zero attached hydrogens (tertiary/aromatic N) is 1. The van der Waals surface area contributed by atoms with E-state index in [0.717, 1.165) is 29.7 Å². The molecule has 0 aliphatic carbocycles. The number of amides is 1. The van der Waals surface area contributed by atoms with Crippen LogP contribution in [-0.4, -0.2) is 37.6 Å². The monoisotopic (exact) mass is 444 g/mol. The van der Waals surface area contributed by atoms with Crippen LogP contribution in [0.4, 0.5) is 0 Å². The molecule has 0 aromatic carbocycles. The summed E-state index contributed by atoms with van der Waals surface area (Å²) in [6, 6.07) is 0. The van der Waals surface area contributed by atoms with Crippen LogP contribution in [0.3, 0.4) is 0 Å². The Bertz CT molecular complexity index is 410. The molecule has 0 saturated heterocycles. The second kappa shape index (κ2) is 21.7. The number of halogens is 1. The molecule has 0 aliphatic rings. The molecule has 4 heteroatoms. The minimum Gasteiger partial charge on any atom is -1.00 e. The molecule has 0 aromatic heterocycles. The van der Waals surface area contributed by atoms with E-state index in [-0.39, 0.29) is 18.3 Å². The van der Waals surface area contributed by atoms with Gasteiger partial charge in [-0.3, -0.25) is 9.28 Å². The summed E-state index contributed by atoms with van der Waals surface area (Å²) in [5.74, 6) is 0.139. The van der Waals surface area contributed by atoms with Crippen molar-refractivity contribution in [3.63, 3.8) is 0 Å². The van der Waals surface area contributed by atoms with Crippen LogP contribution in [0.1, 0.15) is 123 Å². The summed E-state index contributed by atoms with van der Waals surface area (Å²) in [5, 5.41) is 3.09. The van der Waals surface area contributed by atoms with Gasteiger partial charge in [-0.05, 0) is 25.8 Å². The van der Waals surface area contributed by atoms with Crippen molar-refractivity contribution < 1.29 is 21.7 Å². The lowest BCUT2D eigenvalue weighted by Crippen LogP contribution is -3.00. The van der Waals surface area contributed by atoms with Gasteiger partial charge in [0.2, 0.25) is 5.91 Å². The molecule has 0 radical (unpaired) electrons. The van der Waals surface area contributed by atoms with Crippen LogP contribution >= 0.6 is 0 Å². The number of carbonyl (C=O) groups excluding carboxylic acids is 1. The standard InChI is InChI=1S/C26H52N2O.ClH/c1-6-8-10-12-14-16-18-20-22-27-26(29)24-25(3)28(4,5)23-21-19-17-15-13-11-9-7-2;/h3,6-24H2,1-2,4-5H3;1H. The van der Waals surface area contributed by atoms with Crippen molar-refractivity contribution in [1.29, 1.82) is 0 Å². The van der Waals surface area contributed by atoms with E-state index >= 15 is 0 Å². The molecule has 30 heavy (non-hydrogen) atoms. The van der Waals surface area contributed by atoms with Gasteiger partial charge >= 0.3 is 0 Å². The first-order chi connectivity index (χ1) is 13.9. The molecule has 0 aliphatic heterocycles. The van der Waals surface area contributed by atoms with Crippen LogP contribution in [0.15, 0.2) is 12.3 Å². The third-order valence-electron chi connectivity index (χ3n) is 6.14. The van der Waals surface area contributed by atoms with Crippen molar-refractivity contribution in [2.75, 3.05) is 27.2 Å². The lowest BCUT2D eigenvalue weighted by molar-refractivity contribution is -0.853. The van der Waals surface area contributed by atoms with Crippen molar-refractivity contribution >= 4 is 5.91 Å². The van der Waals surface area contributed by atoms with Crippen molar-refractivity contribution in [1.82, 2.24) is 5.32 Å². The summed E-state index contributed by atoms with van der Waals surface area (Å²) < 4.78 is 0.765. The van der Waals surface area contributed by atoms with Gasteiger partial charge in [-0.2, -0.15) is 0 Å². The Kier molecular flexibility index (Phi) is 22.9. The predicted molar refractivity (Wildman–Crippen MR) is 129 cm³/mol. The van der Waals surface area contributed by atoms with Crippen LogP contribution in [0.2, 0.25) is 0 Å². The minimum absolute atomic E-state index is 0. The maximum atomic E-state index is 12.2. The number of carbonyl (C=O) groups is 1. The summed E-state index contributed by atoms with van der Waals surface area (Å²) in [7, 11) is 4.38. The van der Waals surface area contributed by atoms with Crippen molar-refractivity contribution in [2.24, 2.45) is 0 Å². The van der Waals surface area contributed by atoms with Crippen molar-refractivity contribution in [3.05, 3.63) is 12.3 Å². The Balaban J connectivity index is 0. The summed E-state index contributed by atoms with van der Waals surface area (Å²) >= 11 is 0. The van der Waals surface area contributed by atoms with Gasteiger partial charge in [-0.1, -0.05) is 97.3 Å². The molecular weight excluding hydrogens is 392 g/mol. The van der Waals surface area contributed by atoms with Crippen LogP contribution < -0.4 is 17.7 Å². The molecule has 0 unspecified atom stereocenters. The first kappa shape index (κ1) is 31.6. The zero-order valence-electron chi connectivity index (χ0n) is 20.9. The zero-order valence-corrected chi connectivity index (χ0v) is 21.6. The number of nitrogens with one attached hydrogen (secondary N) is 1. The van der Waals surface area contributed by atoms with Crippen LogP contribution in [0.5, 0.6) is 0 Å². The van der Waals surface area contributed by atoms with Gasteiger partial charge in [0.15, 0.2) is 0 Å². The van der Waals surface area contributed by atoms with E-state index in [1.807, 2.05) is 0 Å². The topological polar surface area (TPSA) is 29.1 Å². The molecule has 0 saturated carbocycles. The Labute approximate surface area is 195 Å². The van der Waals surface area contributed by atoms with E-state index in [0.29, 0.717) is 6.42 Å². The summed E-state index contributed by atoms with van der Waals surface area (Å²) in [6.45, 7) is 10.6. The molecule has 3 nitrogen and oxygen atoms in total. The smallest absolute Gasteiger partial charge is 0.229 e. The van der Waals surface area contributed by atoms with Crippen LogP contribution in [0.25, 0.3) is 0 Å². The van der Waals surface area contributed by atoms with Crippen LogP contribution in [0, 0.1) is 0 Å². The maximum Gasteiger partial charge on any atom is 0.229 e. The van der Waals surface area contributed by atoms with Gasteiger partial charge in [0.25, 0.3) is 0 Å². The number of unbranched alkanes of at least 4 members (excludes halogenated alkanes) is 14. The highest BCUT2D eigenvalue weighted by molar-refractivity contribution is 5.77. The highest BCUT2D eigenvalue weighted by Gasteiger charge is 2.22. The van der Waals surface area contributed by atoms with Gasteiger partial charge in [0.1, 0.15) is 12.1 Å². The number of quaternary nitrogens is 1. The van der Waals surface area contributed by atoms with Gasteiger partial charge in [0, 0.05) is 6.54 Å². The minimum atomic E-state index is 0. The molecule has 0 fully saturated rings. The summed E-state index contributed by atoms with van der Waals surface area (Å²) in [5.41, 5.74) is 1.03. The van der Waals surface area contributed by atoms with Crippen molar-refractivity contribution in [3.8, 4) is 0 Å². The highest BCUT2D eigenvalue weighted by Crippen LogP contribution is 2.16. The average molecular weight is 445 g/mol. The third kappa shape index (κ3) is 19.4. The Morgan fingerprint density at radius 3 is 1.57 bits per heavy atom. The number of hydrogen-bond donors (Lipinski definition) is 1. The first-order valence-corrected chi connectivity index (χ1v) is 12.7. The number of hydrogen-bond acceptors (Lipinski definition) is 1. The van der Waals surface area contributed by atoms with E-state index in [1.54, 1.807) is 0 Å². The molecular formula is C26H53ClN2O. The molecule has 0 atom stereocenters. The van der Waals surface area contributed by atoms with Gasteiger partial charge in [0.05, 0.1) is 20.6 Å². The number of rotatable bonds is 21. The average Bonchev–Trinajstić information content (AvgIpc) is 2.68. The molecule has 1 amide bonds. The highest BCUT2D eigenvalue weighted by atomic mass is 35.5. The largest absolute Gasteiger partial charge is 1.00 e. The third-order valence-corrected chi connectivity index (χ3v) is 6.14. The SMILES string of the molecule is C=C(CC(=O)NCCCCCCCCCC)[N+](C)(C)CCCCCCCCCC.[Cl-]. The first-order valence-electron chi connectivity index (χ1n) is 12.7. The van der Waals surface area contributed by atoms with Crippen molar-refractivity contribution in [2.45, 2.75) is 123 Å². The zero-order chi connectivity index (χ0) is 21.8. The summed E-state index contributed by atoms with van der Waals surface area (Å²) in [4.78, 5) is 12.2. The Morgan fingerprint density at radius 2 is 1.10 bits per heavy atom. The maximum absolute atomic E-state index is 12.2. The fraction of sp³-hybridized carbons (Fsp3) is 0.885. The van der Waals surface area contributed by atoms with Gasteiger partial charge < -0.3 is 17.7 Å².